The van der Waals surface area contributed by atoms with Crippen LogP contribution in [0.2, 0.25) is 0 Å². The van der Waals surface area contributed by atoms with Crippen molar-refractivity contribution in [2.24, 2.45) is 11.3 Å². The number of hydrogen-bond donors (Lipinski definition) is 1. The summed E-state index contributed by atoms with van der Waals surface area (Å²) in [6.07, 6.45) is 2.57. The number of nitrogens with zero attached hydrogens (tertiary/aromatic N) is 1. The quantitative estimate of drug-likeness (QED) is 0.786. The fourth-order valence-electron chi connectivity index (χ4n) is 2.57. The number of rotatable bonds is 7. The average Bonchev–Trinajstić information content (AvgIpc) is 3.29. The van der Waals surface area contributed by atoms with Gasteiger partial charge < -0.3 is 5.32 Å². The molecule has 0 aliphatic heterocycles. The molecular formula is C18H22N2O2. The van der Waals surface area contributed by atoms with Crippen molar-refractivity contribution in [1.29, 1.82) is 5.26 Å². The molecule has 1 saturated carbocycles. The highest BCUT2D eigenvalue weighted by molar-refractivity contribution is 5.96. The summed E-state index contributed by atoms with van der Waals surface area (Å²) in [5, 5.41) is 11.8. The molecule has 0 bridgehead atoms. The molecule has 2 rings (SSSR count). The van der Waals surface area contributed by atoms with Gasteiger partial charge in [0.05, 0.1) is 6.07 Å². The predicted octanol–water partition coefficient (Wildman–Crippen LogP) is 3.09. The molecule has 1 aromatic carbocycles. The molecule has 1 fully saturated rings. The van der Waals surface area contributed by atoms with Gasteiger partial charge in [0.1, 0.15) is 6.04 Å². The van der Waals surface area contributed by atoms with Crippen LogP contribution in [0, 0.1) is 22.7 Å². The Morgan fingerprint density at radius 3 is 2.45 bits per heavy atom. The van der Waals surface area contributed by atoms with Crippen molar-refractivity contribution in [1.82, 2.24) is 5.32 Å². The number of Topliss-reactive ketones (excluding diaryl/α,β-unsaturated/α-hetero) is 1. The Labute approximate surface area is 131 Å². The van der Waals surface area contributed by atoms with E-state index >= 15 is 0 Å². The summed E-state index contributed by atoms with van der Waals surface area (Å²) in [4.78, 5) is 24.4. The zero-order valence-corrected chi connectivity index (χ0v) is 13.1. The van der Waals surface area contributed by atoms with Crippen LogP contribution in [-0.2, 0) is 4.79 Å². The highest BCUT2D eigenvalue weighted by Gasteiger charge is 2.33. The molecule has 1 atom stereocenters. The average molecular weight is 298 g/mol. The molecule has 116 valence electrons. The number of nitrogens with one attached hydrogen (secondary N) is 1. The van der Waals surface area contributed by atoms with Crippen molar-refractivity contribution >= 4 is 11.7 Å². The molecule has 0 heterocycles. The maximum Gasteiger partial charge on any atom is 0.221 e. The van der Waals surface area contributed by atoms with Gasteiger partial charge in [-0.2, -0.15) is 5.26 Å². The van der Waals surface area contributed by atoms with Crippen LogP contribution in [0.1, 0.15) is 49.9 Å². The third kappa shape index (κ3) is 4.70. The fraction of sp³-hybridized carbons (Fsp3) is 0.500. The standard InChI is InChI=1S/C18H22N2O2/c1-18(2,10-16(21)14-6-4-3-5-7-14)11-17(22)20-15(12-19)13-8-9-13/h3-7,13,15H,8-11H2,1-2H3,(H,20,22)/t15-/m0/s1. The van der Waals surface area contributed by atoms with E-state index in [-0.39, 0.29) is 24.2 Å². The van der Waals surface area contributed by atoms with E-state index < -0.39 is 5.41 Å². The predicted molar refractivity (Wildman–Crippen MR) is 84.1 cm³/mol. The van der Waals surface area contributed by atoms with Crippen molar-refractivity contribution in [3.05, 3.63) is 35.9 Å². The van der Waals surface area contributed by atoms with Crippen molar-refractivity contribution in [2.45, 2.75) is 45.6 Å². The minimum Gasteiger partial charge on any atom is -0.340 e. The Bertz CT molecular complexity index is 583. The van der Waals surface area contributed by atoms with Gasteiger partial charge in [-0.25, -0.2) is 0 Å². The van der Waals surface area contributed by atoms with E-state index in [0.29, 0.717) is 17.9 Å². The van der Waals surface area contributed by atoms with E-state index in [2.05, 4.69) is 11.4 Å². The van der Waals surface area contributed by atoms with E-state index in [4.69, 9.17) is 5.26 Å². The molecule has 1 aliphatic rings. The van der Waals surface area contributed by atoms with Gasteiger partial charge in [0.2, 0.25) is 5.91 Å². The largest absolute Gasteiger partial charge is 0.340 e. The first kappa shape index (κ1) is 16.2. The van der Waals surface area contributed by atoms with Crippen LogP contribution in [-0.4, -0.2) is 17.7 Å². The smallest absolute Gasteiger partial charge is 0.221 e. The lowest BCUT2D eigenvalue weighted by atomic mass is 9.82. The lowest BCUT2D eigenvalue weighted by Gasteiger charge is -2.24. The molecule has 0 radical (unpaired) electrons. The summed E-state index contributed by atoms with van der Waals surface area (Å²) in [6, 6.07) is 10.9. The molecule has 0 spiro atoms. The summed E-state index contributed by atoms with van der Waals surface area (Å²) in [5.41, 5.74) is 0.240. The third-order valence-electron chi connectivity index (χ3n) is 3.92. The minimum atomic E-state index is -0.430. The molecule has 0 aromatic heterocycles. The number of carbonyl (C=O) groups excluding carboxylic acids is 2. The summed E-state index contributed by atoms with van der Waals surface area (Å²) in [7, 11) is 0. The highest BCUT2D eigenvalue weighted by atomic mass is 16.1. The lowest BCUT2D eigenvalue weighted by Crippen LogP contribution is -2.38. The van der Waals surface area contributed by atoms with Crippen LogP contribution in [0.3, 0.4) is 0 Å². The molecule has 1 amide bonds. The zero-order chi connectivity index (χ0) is 16.2. The SMILES string of the molecule is CC(C)(CC(=O)N[C@@H](C#N)C1CC1)CC(=O)c1ccccc1. The summed E-state index contributed by atoms with van der Waals surface area (Å²) in [5.74, 6) is 0.199. The van der Waals surface area contributed by atoms with Crippen molar-refractivity contribution < 1.29 is 9.59 Å². The molecule has 22 heavy (non-hydrogen) atoms. The summed E-state index contributed by atoms with van der Waals surface area (Å²) in [6.45, 7) is 3.82. The maximum absolute atomic E-state index is 12.3. The Balaban J connectivity index is 1.88. The van der Waals surface area contributed by atoms with Gasteiger partial charge in [-0.05, 0) is 24.2 Å². The first-order chi connectivity index (χ1) is 10.4. The van der Waals surface area contributed by atoms with Crippen LogP contribution in [0.5, 0.6) is 0 Å². The molecule has 0 unspecified atom stereocenters. The molecular weight excluding hydrogens is 276 g/mol. The Morgan fingerprint density at radius 1 is 1.27 bits per heavy atom. The van der Waals surface area contributed by atoms with E-state index in [9.17, 15) is 9.59 Å². The molecule has 1 aliphatic carbocycles. The molecule has 1 N–H and O–H groups in total. The van der Waals surface area contributed by atoms with Gasteiger partial charge in [0, 0.05) is 18.4 Å². The number of benzene rings is 1. The Morgan fingerprint density at radius 2 is 1.91 bits per heavy atom. The maximum atomic E-state index is 12.3. The first-order valence-electron chi connectivity index (χ1n) is 7.68. The minimum absolute atomic E-state index is 0.0393. The van der Waals surface area contributed by atoms with Gasteiger partial charge in [0.15, 0.2) is 5.78 Å². The second-order valence-corrected chi connectivity index (χ2v) is 6.82. The van der Waals surface area contributed by atoms with Gasteiger partial charge in [-0.3, -0.25) is 9.59 Å². The van der Waals surface area contributed by atoms with Crippen LogP contribution in [0.25, 0.3) is 0 Å². The highest BCUT2D eigenvalue weighted by Crippen LogP contribution is 2.33. The first-order valence-corrected chi connectivity index (χ1v) is 7.68. The molecule has 4 nitrogen and oxygen atoms in total. The van der Waals surface area contributed by atoms with Crippen molar-refractivity contribution in [3.8, 4) is 6.07 Å². The van der Waals surface area contributed by atoms with E-state index in [1.165, 1.54) is 0 Å². The van der Waals surface area contributed by atoms with Gasteiger partial charge in [0.25, 0.3) is 0 Å². The van der Waals surface area contributed by atoms with Gasteiger partial charge in [-0.15, -0.1) is 0 Å². The van der Waals surface area contributed by atoms with E-state index in [0.717, 1.165) is 12.8 Å². The molecule has 4 heteroatoms. The topological polar surface area (TPSA) is 70.0 Å². The second-order valence-electron chi connectivity index (χ2n) is 6.82. The van der Waals surface area contributed by atoms with Gasteiger partial charge in [-0.1, -0.05) is 44.2 Å². The molecule has 0 saturated heterocycles. The van der Waals surface area contributed by atoms with Crippen LogP contribution < -0.4 is 5.32 Å². The van der Waals surface area contributed by atoms with E-state index in [1.807, 2.05) is 32.0 Å². The van der Waals surface area contributed by atoms with Crippen molar-refractivity contribution in [3.63, 3.8) is 0 Å². The normalized spacial score (nSPS) is 15.7. The van der Waals surface area contributed by atoms with Crippen LogP contribution >= 0.6 is 0 Å². The van der Waals surface area contributed by atoms with Crippen LogP contribution in [0.4, 0.5) is 0 Å². The van der Waals surface area contributed by atoms with Gasteiger partial charge >= 0.3 is 0 Å². The Hall–Kier alpha value is -2.15. The zero-order valence-electron chi connectivity index (χ0n) is 13.1. The summed E-state index contributed by atoms with van der Waals surface area (Å²) >= 11 is 0. The van der Waals surface area contributed by atoms with E-state index in [1.54, 1.807) is 12.1 Å². The molecule has 1 aromatic rings. The second kappa shape index (κ2) is 6.74. The fourth-order valence-corrected chi connectivity index (χ4v) is 2.57. The van der Waals surface area contributed by atoms with Crippen molar-refractivity contribution in [2.75, 3.05) is 0 Å². The third-order valence-corrected chi connectivity index (χ3v) is 3.92. The number of ketones is 1. The monoisotopic (exact) mass is 298 g/mol. The summed E-state index contributed by atoms with van der Waals surface area (Å²) < 4.78 is 0. The number of hydrogen-bond acceptors (Lipinski definition) is 3. The Kier molecular flexibility index (Phi) is 4.97. The number of carbonyl (C=O) groups is 2. The number of amides is 1. The lowest BCUT2D eigenvalue weighted by molar-refractivity contribution is -0.123. The van der Waals surface area contributed by atoms with Crippen LogP contribution in [0.15, 0.2) is 30.3 Å². The number of nitriles is 1.